The Bertz CT molecular complexity index is 410. The fourth-order valence-corrected chi connectivity index (χ4v) is 1.74. The number of benzene rings is 1. The van der Waals surface area contributed by atoms with Crippen LogP contribution in [0.1, 0.15) is 26.7 Å². The van der Waals surface area contributed by atoms with Crippen molar-refractivity contribution in [1.82, 2.24) is 5.32 Å². The van der Waals surface area contributed by atoms with Crippen LogP contribution in [0.4, 0.5) is 5.69 Å². The van der Waals surface area contributed by atoms with E-state index in [-0.39, 0.29) is 5.91 Å². The van der Waals surface area contributed by atoms with Crippen LogP contribution in [0.15, 0.2) is 18.2 Å². The van der Waals surface area contributed by atoms with Gasteiger partial charge in [-0.3, -0.25) is 4.79 Å². The van der Waals surface area contributed by atoms with Crippen LogP contribution < -0.4 is 15.4 Å². The fourth-order valence-electron chi connectivity index (χ4n) is 1.51. The van der Waals surface area contributed by atoms with Gasteiger partial charge in [-0.15, -0.1) is 0 Å². The molecule has 5 heteroatoms. The van der Waals surface area contributed by atoms with Gasteiger partial charge in [-0.25, -0.2) is 0 Å². The van der Waals surface area contributed by atoms with Crippen molar-refractivity contribution in [3.63, 3.8) is 0 Å². The molecule has 1 amide bonds. The molecule has 2 N–H and O–H groups in total. The highest BCUT2D eigenvalue weighted by Gasteiger charge is 2.06. The first-order chi connectivity index (χ1) is 9.17. The lowest BCUT2D eigenvalue weighted by atomic mass is 10.3. The van der Waals surface area contributed by atoms with E-state index in [0.29, 0.717) is 36.0 Å². The number of ether oxygens (including phenoxy) is 1. The van der Waals surface area contributed by atoms with Crippen LogP contribution >= 0.6 is 11.6 Å². The molecule has 0 heterocycles. The van der Waals surface area contributed by atoms with Crippen molar-refractivity contribution in [2.24, 2.45) is 0 Å². The first kappa shape index (κ1) is 15.8. The molecule has 0 aliphatic rings. The van der Waals surface area contributed by atoms with Gasteiger partial charge in [-0.05, 0) is 31.2 Å². The number of anilines is 1. The van der Waals surface area contributed by atoms with E-state index in [1.165, 1.54) is 0 Å². The third-order valence-corrected chi connectivity index (χ3v) is 2.75. The van der Waals surface area contributed by atoms with E-state index < -0.39 is 0 Å². The second-order valence-corrected chi connectivity index (χ2v) is 4.55. The molecule has 0 aliphatic heterocycles. The number of rotatable bonds is 8. The normalized spacial score (nSPS) is 10.3. The molecule has 1 aromatic rings. The molecule has 0 spiro atoms. The van der Waals surface area contributed by atoms with E-state index in [4.69, 9.17) is 16.3 Å². The quantitative estimate of drug-likeness (QED) is 0.721. The summed E-state index contributed by atoms with van der Waals surface area (Å²) in [5.41, 5.74) is 0.690. The Kier molecular flexibility index (Phi) is 7.30. The number of amides is 1. The van der Waals surface area contributed by atoms with E-state index >= 15 is 0 Å². The summed E-state index contributed by atoms with van der Waals surface area (Å²) in [6.07, 6.45) is 1.37. The van der Waals surface area contributed by atoms with Crippen LogP contribution in [0, 0.1) is 0 Å². The molecule has 0 unspecified atom stereocenters. The third-order valence-electron chi connectivity index (χ3n) is 2.46. The lowest BCUT2D eigenvalue weighted by Crippen LogP contribution is -2.21. The van der Waals surface area contributed by atoms with Gasteiger partial charge in [0.15, 0.2) is 0 Å². The summed E-state index contributed by atoms with van der Waals surface area (Å²) in [4.78, 5) is 11.6. The molecule has 106 valence electrons. The fraction of sp³-hybridized carbons (Fsp3) is 0.500. The number of halogens is 1. The Morgan fingerprint density at radius 2 is 2.16 bits per heavy atom. The average Bonchev–Trinajstić information content (AvgIpc) is 2.38. The molecule has 19 heavy (non-hydrogen) atoms. The van der Waals surface area contributed by atoms with Crippen LogP contribution in [0.3, 0.4) is 0 Å². The standard InChI is InChI=1S/C14H21ClN2O2/c1-3-9-19-13-6-5-11(10-12(13)15)17-14(18)7-8-16-4-2/h5-6,10,16H,3-4,7-9H2,1-2H3,(H,17,18). The maximum Gasteiger partial charge on any atom is 0.225 e. The van der Waals surface area contributed by atoms with Crippen molar-refractivity contribution in [3.8, 4) is 5.75 Å². The Labute approximate surface area is 119 Å². The lowest BCUT2D eigenvalue weighted by Gasteiger charge is -2.10. The van der Waals surface area contributed by atoms with Crippen LogP contribution in [0.2, 0.25) is 5.02 Å². The molecular weight excluding hydrogens is 264 g/mol. The van der Waals surface area contributed by atoms with Crippen LogP contribution in [0.25, 0.3) is 0 Å². The maximum atomic E-state index is 11.6. The predicted molar refractivity (Wildman–Crippen MR) is 79.0 cm³/mol. The third kappa shape index (κ3) is 5.94. The Hall–Kier alpha value is -1.26. The van der Waals surface area contributed by atoms with E-state index in [9.17, 15) is 4.79 Å². The summed E-state index contributed by atoms with van der Waals surface area (Å²) < 4.78 is 5.47. The first-order valence-electron chi connectivity index (χ1n) is 6.60. The van der Waals surface area contributed by atoms with Crippen molar-refractivity contribution >= 4 is 23.2 Å². The van der Waals surface area contributed by atoms with Gasteiger partial charge in [-0.1, -0.05) is 25.4 Å². The van der Waals surface area contributed by atoms with Gasteiger partial charge in [0.25, 0.3) is 0 Å². The van der Waals surface area contributed by atoms with E-state index in [1.54, 1.807) is 18.2 Å². The Morgan fingerprint density at radius 1 is 1.37 bits per heavy atom. The molecule has 4 nitrogen and oxygen atoms in total. The minimum atomic E-state index is -0.0285. The maximum absolute atomic E-state index is 11.6. The van der Waals surface area contributed by atoms with Gasteiger partial charge in [0.1, 0.15) is 5.75 Å². The van der Waals surface area contributed by atoms with E-state index in [1.807, 2.05) is 13.8 Å². The number of carbonyl (C=O) groups excluding carboxylic acids is 1. The van der Waals surface area contributed by atoms with Crippen molar-refractivity contribution < 1.29 is 9.53 Å². The van der Waals surface area contributed by atoms with Crippen molar-refractivity contribution in [2.75, 3.05) is 25.0 Å². The largest absolute Gasteiger partial charge is 0.492 e. The summed E-state index contributed by atoms with van der Waals surface area (Å²) in [7, 11) is 0. The highest BCUT2D eigenvalue weighted by atomic mass is 35.5. The topological polar surface area (TPSA) is 50.4 Å². The molecule has 0 saturated carbocycles. The second kappa shape index (κ2) is 8.77. The number of hydrogen-bond donors (Lipinski definition) is 2. The molecule has 0 atom stereocenters. The highest BCUT2D eigenvalue weighted by Crippen LogP contribution is 2.27. The van der Waals surface area contributed by atoms with Crippen molar-refractivity contribution in [1.29, 1.82) is 0 Å². The molecule has 1 rings (SSSR count). The van der Waals surface area contributed by atoms with Crippen LogP contribution in [-0.4, -0.2) is 25.6 Å². The minimum Gasteiger partial charge on any atom is -0.492 e. The lowest BCUT2D eigenvalue weighted by molar-refractivity contribution is -0.116. The average molecular weight is 285 g/mol. The summed E-state index contributed by atoms with van der Waals surface area (Å²) in [6.45, 7) is 6.21. The zero-order valence-electron chi connectivity index (χ0n) is 11.5. The second-order valence-electron chi connectivity index (χ2n) is 4.15. The van der Waals surface area contributed by atoms with Gasteiger partial charge in [-0.2, -0.15) is 0 Å². The van der Waals surface area contributed by atoms with Gasteiger partial charge in [0.2, 0.25) is 5.91 Å². The molecular formula is C14H21ClN2O2. The monoisotopic (exact) mass is 284 g/mol. The van der Waals surface area contributed by atoms with Gasteiger partial charge in [0.05, 0.1) is 11.6 Å². The molecule has 0 radical (unpaired) electrons. The van der Waals surface area contributed by atoms with Gasteiger partial charge in [0, 0.05) is 18.7 Å². The van der Waals surface area contributed by atoms with Gasteiger partial charge >= 0.3 is 0 Å². The zero-order valence-corrected chi connectivity index (χ0v) is 12.2. The summed E-state index contributed by atoms with van der Waals surface area (Å²) in [6, 6.07) is 5.28. The number of carbonyl (C=O) groups is 1. The SMILES string of the molecule is CCCOc1ccc(NC(=O)CCNCC)cc1Cl. The van der Waals surface area contributed by atoms with Crippen molar-refractivity contribution in [3.05, 3.63) is 23.2 Å². The van der Waals surface area contributed by atoms with Crippen molar-refractivity contribution in [2.45, 2.75) is 26.7 Å². The number of hydrogen-bond acceptors (Lipinski definition) is 3. The summed E-state index contributed by atoms with van der Waals surface area (Å²) in [5.74, 6) is 0.619. The van der Waals surface area contributed by atoms with Crippen LogP contribution in [0.5, 0.6) is 5.75 Å². The first-order valence-corrected chi connectivity index (χ1v) is 6.98. The molecule has 0 fully saturated rings. The van der Waals surface area contributed by atoms with E-state index in [0.717, 1.165) is 13.0 Å². The van der Waals surface area contributed by atoms with Crippen LogP contribution in [-0.2, 0) is 4.79 Å². The Balaban J connectivity index is 2.50. The molecule has 0 saturated heterocycles. The Morgan fingerprint density at radius 3 is 2.79 bits per heavy atom. The highest BCUT2D eigenvalue weighted by molar-refractivity contribution is 6.32. The molecule has 0 bridgehead atoms. The van der Waals surface area contributed by atoms with Gasteiger partial charge < -0.3 is 15.4 Å². The zero-order chi connectivity index (χ0) is 14.1. The molecule has 0 aliphatic carbocycles. The number of nitrogens with one attached hydrogen (secondary N) is 2. The molecule has 0 aromatic heterocycles. The predicted octanol–water partition coefficient (Wildman–Crippen LogP) is 3.07. The molecule has 1 aromatic carbocycles. The summed E-state index contributed by atoms with van der Waals surface area (Å²) >= 11 is 6.09. The smallest absolute Gasteiger partial charge is 0.225 e. The summed E-state index contributed by atoms with van der Waals surface area (Å²) in [5, 5.41) is 6.42. The minimum absolute atomic E-state index is 0.0285. The van der Waals surface area contributed by atoms with E-state index in [2.05, 4.69) is 10.6 Å².